The van der Waals surface area contributed by atoms with Crippen LogP contribution in [-0.2, 0) is 27.2 Å². The molecule has 0 saturated heterocycles. The lowest BCUT2D eigenvalue weighted by atomic mass is 10.5. The molecule has 12 heteroatoms. The van der Waals surface area contributed by atoms with Crippen molar-refractivity contribution < 1.29 is 27.2 Å². The Labute approximate surface area is 190 Å². The molecule has 0 aliphatic carbocycles. The Morgan fingerprint density at radius 2 is 0.929 bits per heavy atom. The molecule has 0 rings (SSSR count). The van der Waals surface area contributed by atoms with Gasteiger partial charge < -0.3 is 27.2 Å². The molecule has 0 aromatic heterocycles. The topological polar surface area (TPSA) is 55.4 Å². The summed E-state index contributed by atoms with van der Waals surface area (Å²) in [4.78, 5) is 0. The molecular formula is C16H36O6S4Si2. The first-order chi connectivity index (χ1) is 13.7. The first kappa shape index (κ1) is 29.6. The third kappa shape index (κ3) is 14.6. The molecule has 0 aromatic carbocycles. The zero-order valence-electron chi connectivity index (χ0n) is 17.9. The van der Waals surface area contributed by atoms with E-state index in [2.05, 4.69) is 0 Å². The molecule has 2 radical (unpaired) electrons. The zero-order valence-corrected chi connectivity index (χ0v) is 23.2. The van der Waals surface area contributed by atoms with Crippen molar-refractivity contribution in [3.8, 4) is 0 Å². The van der Waals surface area contributed by atoms with Gasteiger partial charge in [-0.1, -0.05) is 21.6 Å². The van der Waals surface area contributed by atoms with Crippen molar-refractivity contribution in [1.82, 2.24) is 0 Å². The van der Waals surface area contributed by atoms with Gasteiger partial charge >= 0.3 is 18.6 Å². The van der Waals surface area contributed by atoms with Crippen molar-refractivity contribution in [3.63, 3.8) is 0 Å². The maximum absolute atomic E-state index is 5.73. The van der Waals surface area contributed by atoms with E-state index in [0.29, 0.717) is 26.4 Å². The molecule has 28 heavy (non-hydrogen) atoms. The van der Waals surface area contributed by atoms with Crippen LogP contribution in [0.2, 0.25) is 0 Å². The van der Waals surface area contributed by atoms with E-state index in [1.165, 1.54) is 0 Å². The fourth-order valence-corrected chi connectivity index (χ4v) is 11.8. The average Bonchev–Trinajstić information content (AvgIpc) is 2.70. The average molecular weight is 509 g/mol. The summed E-state index contributed by atoms with van der Waals surface area (Å²) >= 11 is 0. The Morgan fingerprint density at radius 1 is 0.607 bits per heavy atom. The summed E-state index contributed by atoms with van der Waals surface area (Å²) < 4.78 is 34.1. The van der Waals surface area contributed by atoms with Crippen LogP contribution in [0.4, 0.5) is 0 Å². The van der Waals surface area contributed by atoms with Gasteiger partial charge in [-0.2, -0.15) is 0 Å². The largest absolute Gasteiger partial charge is 0.416 e. The van der Waals surface area contributed by atoms with Crippen LogP contribution in [0.15, 0.2) is 0 Å². The van der Waals surface area contributed by atoms with E-state index in [0.717, 1.165) is 24.3 Å². The zero-order chi connectivity index (χ0) is 21.0. The van der Waals surface area contributed by atoms with Gasteiger partial charge in [-0.05, 0) is 60.2 Å². The molecule has 0 spiro atoms. The van der Waals surface area contributed by atoms with Gasteiger partial charge in [-0.15, -0.1) is 0 Å². The maximum Gasteiger partial charge on any atom is 0.416 e. The minimum Gasteiger partial charge on any atom is -0.392 e. The van der Waals surface area contributed by atoms with E-state index < -0.39 is 18.6 Å². The Balaban J connectivity index is 3.91. The van der Waals surface area contributed by atoms with Crippen LogP contribution in [0, 0.1) is 0 Å². The number of methoxy groups -OCH3 is 2. The van der Waals surface area contributed by atoms with E-state index in [9.17, 15) is 0 Å². The fraction of sp³-hybridized carbons (Fsp3) is 1.00. The molecule has 2 atom stereocenters. The summed E-state index contributed by atoms with van der Waals surface area (Å²) in [5, 5.41) is 0. The van der Waals surface area contributed by atoms with Gasteiger partial charge in [-0.25, -0.2) is 0 Å². The second kappa shape index (κ2) is 21.8. The molecule has 6 nitrogen and oxygen atoms in total. The predicted octanol–water partition coefficient (Wildman–Crippen LogP) is 4.68. The van der Waals surface area contributed by atoms with E-state index in [1.807, 2.05) is 68.9 Å². The molecule has 0 N–H and O–H groups in total. The summed E-state index contributed by atoms with van der Waals surface area (Å²) in [5.41, 5.74) is 0.131. The van der Waals surface area contributed by atoms with Crippen molar-refractivity contribution in [2.75, 3.05) is 52.2 Å². The van der Waals surface area contributed by atoms with Crippen LogP contribution in [0.5, 0.6) is 0 Å². The summed E-state index contributed by atoms with van der Waals surface area (Å²) in [6.07, 6.45) is 1.88. The number of hydrogen-bond acceptors (Lipinski definition) is 10. The Kier molecular flexibility index (Phi) is 23.1. The molecule has 0 amide bonds. The molecular weight excluding hydrogens is 473 g/mol. The van der Waals surface area contributed by atoms with Crippen molar-refractivity contribution >= 4 is 59.8 Å². The smallest absolute Gasteiger partial charge is 0.392 e. The molecule has 0 aromatic rings. The lowest BCUT2D eigenvalue weighted by molar-refractivity contribution is 0.0965. The molecule has 168 valence electrons. The van der Waals surface area contributed by atoms with Gasteiger partial charge in [-0.3, -0.25) is 0 Å². The fourth-order valence-electron chi connectivity index (χ4n) is 2.11. The number of ether oxygens (including phenoxy) is 2. The molecule has 0 aliphatic rings. The van der Waals surface area contributed by atoms with Gasteiger partial charge in [0.1, 0.15) is 11.5 Å². The lowest BCUT2D eigenvalue weighted by Gasteiger charge is -2.22. The Morgan fingerprint density at radius 3 is 1.18 bits per heavy atom. The van der Waals surface area contributed by atoms with Gasteiger partial charge in [0.25, 0.3) is 0 Å². The maximum atomic E-state index is 5.73. The highest BCUT2D eigenvalue weighted by molar-refractivity contribution is 9.26. The molecule has 0 heterocycles. The number of hydrogen-bond donors (Lipinski definition) is 0. The van der Waals surface area contributed by atoms with E-state index in [-0.39, 0.29) is 11.5 Å². The first-order valence-electron chi connectivity index (χ1n) is 9.56. The van der Waals surface area contributed by atoms with Crippen molar-refractivity contribution in [3.05, 3.63) is 0 Å². The third-order valence-electron chi connectivity index (χ3n) is 3.29. The minimum atomic E-state index is -1.36. The SMILES string of the molecule is CCO[Si](OCC)C(CCSSSSCCC(OC)[Si](OCC)OCC)OC. The number of rotatable bonds is 21. The van der Waals surface area contributed by atoms with Crippen LogP contribution in [-0.4, -0.2) is 82.2 Å². The molecule has 0 aliphatic heterocycles. The van der Waals surface area contributed by atoms with Crippen molar-refractivity contribution in [1.29, 1.82) is 0 Å². The summed E-state index contributed by atoms with van der Waals surface area (Å²) in [7, 11) is 8.07. The standard InChI is InChI=1S/C16H36O6S4Si2/c1-7-19-27(20-8-2)15(17-5)11-13-23-25-26-24-14-12-16(18-6)28(21-9-3)22-10-4/h15-16H,7-14H2,1-6H3. The van der Waals surface area contributed by atoms with Crippen LogP contribution in [0.1, 0.15) is 40.5 Å². The highest BCUT2D eigenvalue weighted by atomic mass is 33.7. The van der Waals surface area contributed by atoms with Crippen LogP contribution in [0.3, 0.4) is 0 Å². The van der Waals surface area contributed by atoms with Crippen LogP contribution < -0.4 is 0 Å². The first-order valence-corrected chi connectivity index (χ1v) is 17.5. The van der Waals surface area contributed by atoms with E-state index in [4.69, 9.17) is 27.2 Å². The van der Waals surface area contributed by atoms with Crippen molar-refractivity contribution in [2.45, 2.75) is 52.0 Å². The molecule has 2 unspecified atom stereocenters. The normalized spacial score (nSPS) is 14.1. The van der Waals surface area contributed by atoms with Gasteiger partial charge in [0, 0.05) is 52.2 Å². The molecule has 0 fully saturated rings. The summed E-state index contributed by atoms with van der Waals surface area (Å²) in [5.74, 6) is 2.02. The van der Waals surface area contributed by atoms with E-state index in [1.54, 1.807) is 14.2 Å². The second-order valence-corrected chi connectivity index (χ2v) is 15.1. The second-order valence-electron chi connectivity index (χ2n) is 5.18. The quantitative estimate of drug-likeness (QED) is 0.124. The van der Waals surface area contributed by atoms with Crippen LogP contribution in [0.25, 0.3) is 0 Å². The monoisotopic (exact) mass is 508 g/mol. The highest BCUT2D eigenvalue weighted by Gasteiger charge is 2.28. The molecule has 0 bridgehead atoms. The van der Waals surface area contributed by atoms with Gasteiger partial charge in [0.15, 0.2) is 0 Å². The van der Waals surface area contributed by atoms with Crippen molar-refractivity contribution in [2.24, 2.45) is 0 Å². The highest BCUT2D eigenvalue weighted by Crippen LogP contribution is 2.43. The van der Waals surface area contributed by atoms with Crippen LogP contribution >= 0.6 is 41.2 Å². The lowest BCUT2D eigenvalue weighted by Crippen LogP contribution is -2.39. The Hall–Kier alpha value is 1.59. The minimum absolute atomic E-state index is 0.0656. The van der Waals surface area contributed by atoms with E-state index >= 15 is 0 Å². The summed E-state index contributed by atoms with van der Waals surface area (Å²) in [6.45, 7) is 10.7. The van der Waals surface area contributed by atoms with Gasteiger partial charge in [0.2, 0.25) is 0 Å². The Bertz CT molecular complexity index is 298. The summed E-state index contributed by atoms with van der Waals surface area (Å²) in [6, 6.07) is 0. The van der Waals surface area contributed by atoms with Gasteiger partial charge in [0.05, 0.1) is 0 Å². The molecule has 0 saturated carbocycles. The predicted molar refractivity (Wildman–Crippen MR) is 129 cm³/mol. The third-order valence-corrected chi connectivity index (χ3v) is 14.2.